The molecule has 1 unspecified atom stereocenters. The topological polar surface area (TPSA) is 39.7 Å². The average molecular weight is 412 g/mol. The maximum atomic E-state index is 6.13. The highest BCUT2D eigenvalue weighted by Gasteiger charge is 2.23. The molecule has 1 N–H and O–H groups in total. The van der Waals surface area contributed by atoms with Crippen molar-refractivity contribution in [1.29, 1.82) is 0 Å². The molecule has 0 radical (unpaired) electrons. The Balaban J connectivity index is 0.00000240. The third kappa shape index (κ3) is 4.84. The van der Waals surface area contributed by atoms with Crippen LogP contribution in [0.1, 0.15) is 22.7 Å². The standard InChI is InChI=1S/C24H25NO3.ClH/c1-26-19-10-8-17(9-11-19)14-22-21-16-24(28-20-6-4-3-5-7-20)23(27-2)15-18(21)12-13-25-22;/h3-11,15-16,22,25H,12-14H2,1-2H3;1H. The molecule has 0 spiro atoms. The van der Waals surface area contributed by atoms with Gasteiger partial charge in [0.25, 0.3) is 0 Å². The van der Waals surface area contributed by atoms with Crippen LogP contribution in [-0.4, -0.2) is 20.8 Å². The second-order valence-electron chi connectivity index (χ2n) is 6.93. The van der Waals surface area contributed by atoms with E-state index in [1.807, 2.05) is 42.5 Å². The summed E-state index contributed by atoms with van der Waals surface area (Å²) in [6.45, 7) is 0.954. The molecule has 4 nitrogen and oxygen atoms in total. The van der Waals surface area contributed by atoms with Crippen molar-refractivity contribution in [2.75, 3.05) is 20.8 Å². The van der Waals surface area contributed by atoms with Gasteiger partial charge in [-0.3, -0.25) is 0 Å². The molecule has 0 aliphatic carbocycles. The number of ether oxygens (including phenoxy) is 3. The van der Waals surface area contributed by atoms with Crippen LogP contribution in [0, 0.1) is 0 Å². The largest absolute Gasteiger partial charge is 0.497 e. The van der Waals surface area contributed by atoms with Gasteiger partial charge < -0.3 is 19.5 Å². The number of benzene rings is 3. The first kappa shape index (κ1) is 21.0. The Labute approximate surface area is 178 Å². The molecular formula is C24H26ClNO3. The fourth-order valence-corrected chi connectivity index (χ4v) is 3.68. The number of hydrogen-bond donors (Lipinski definition) is 1. The molecule has 0 saturated carbocycles. The van der Waals surface area contributed by atoms with Gasteiger partial charge in [-0.05, 0) is 72.5 Å². The summed E-state index contributed by atoms with van der Waals surface area (Å²) in [5.41, 5.74) is 3.86. The van der Waals surface area contributed by atoms with Gasteiger partial charge in [0.1, 0.15) is 11.5 Å². The maximum Gasteiger partial charge on any atom is 0.169 e. The SMILES string of the molecule is COc1ccc(CC2NCCc3cc(OC)c(Oc4ccccc4)cc32)cc1.Cl. The Morgan fingerprint density at radius 3 is 2.31 bits per heavy atom. The monoisotopic (exact) mass is 411 g/mol. The highest BCUT2D eigenvalue weighted by atomic mass is 35.5. The predicted molar refractivity (Wildman–Crippen MR) is 118 cm³/mol. The lowest BCUT2D eigenvalue weighted by atomic mass is 9.90. The molecule has 0 saturated heterocycles. The van der Waals surface area contributed by atoms with Gasteiger partial charge in [0.2, 0.25) is 0 Å². The fourth-order valence-electron chi connectivity index (χ4n) is 3.68. The second-order valence-corrected chi connectivity index (χ2v) is 6.93. The Bertz CT molecular complexity index is 929. The number of halogens is 1. The van der Waals surface area contributed by atoms with Gasteiger partial charge in [-0.2, -0.15) is 0 Å². The molecule has 5 heteroatoms. The average Bonchev–Trinajstić information content (AvgIpc) is 2.75. The van der Waals surface area contributed by atoms with E-state index in [0.29, 0.717) is 0 Å². The Hall–Kier alpha value is -2.69. The molecule has 1 aliphatic heterocycles. The molecular weight excluding hydrogens is 386 g/mol. The van der Waals surface area contributed by atoms with E-state index in [1.165, 1.54) is 16.7 Å². The van der Waals surface area contributed by atoms with E-state index in [-0.39, 0.29) is 18.4 Å². The quantitative estimate of drug-likeness (QED) is 0.593. The zero-order chi connectivity index (χ0) is 19.3. The zero-order valence-electron chi connectivity index (χ0n) is 16.7. The number of hydrogen-bond acceptors (Lipinski definition) is 4. The van der Waals surface area contributed by atoms with Gasteiger partial charge in [0.15, 0.2) is 11.5 Å². The van der Waals surface area contributed by atoms with Crippen LogP contribution in [0.3, 0.4) is 0 Å². The summed E-state index contributed by atoms with van der Waals surface area (Å²) < 4.78 is 17.0. The van der Waals surface area contributed by atoms with E-state index in [4.69, 9.17) is 14.2 Å². The number of fused-ring (bicyclic) bond motifs is 1. The lowest BCUT2D eigenvalue weighted by Crippen LogP contribution is -2.31. The molecule has 0 aromatic heterocycles. The summed E-state index contributed by atoms with van der Waals surface area (Å²) in [5, 5.41) is 3.65. The van der Waals surface area contributed by atoms with Crippen molar-refractivity contribution in [2.45, 2.75) is 18.9 Å². The van der Waals surface area contributed by atoms with Crippen molar-refractivity contribution in [2.24, 2.45) is 0 Å². The van der Waals surface area contributed by atoms with E-state index in [0.717, 1.165) is 42.4 Å². The Morgan fingerprint density at radius 2 is 1.62 bits per heavy atom. The molecule has 4 rings (SSSR count). The highest BCUT2D eigenvalue weighted by molar-refractivity contribution is 5.85. The van der Waals surface area contributed by atoms with Crippen LogP contribution in [0.15, 0.2) is 66.7 Å². The lowest BCUT2D eigenvalue weighted by Gasteiger charge is -2.28. The lowest BCUT2D eigenvalue weighted by molar-refractivity contribution is 0.375. The van der Waals surface area contributed by atoms with Gasteiger partial charge in [-0.25, -0.2) is 0 Å². The van der Waals surface area contributed by atoms with Crippen molar-refractivity contribution >= 4 is 12.4 Å². The van der Waals surface area contributed by atoms with E-state index >= 15 is 0 Å². The summed E-state index contributed by atoms with van der Waals surface area (Å²) in [5.74, 6) is 3.20. The van der Waals surface area contributed by atoms with Crippen LogP contribution in [0.25, 0.3) is 0 Å². The van der Waals surface area contributed by atoms with E-state index in [2.05, 4.69) is 29.6 Å². The first-order valence-electron chi connectivity index (χ1n) is 9.57. The van der Waals surface area contributed by atoms with Crippen LogP contribution in [0.2, 0.25) is 0 Å². The first-order chi connectivity index (χ1) is 13.8. The van der Waals surface area contributed by atoms with E-state index in [1.54, 1.807) is 14.2 Å². The zero-order valence-corrected chi connectivity index (χ0v) is 17.5. The molecule has 29 heavy (non-hydrogen) atoms. The van der Waals surface area contributed by atoms with Crippen LogP contribution >= 0.6 is 12.4 Å². The molecule has 152 valence electrons. The van der Waals surface area contributed by atoms with Crippen molar-refractivity contribution in [3.05, 3.63) is 83.4 Å². The molecule has 0 bridgehead atoms. The third-order valence-corrected chi connectivity index (χ3v) is 5.16. The number of nitrogens with one attached hydrogen (secondary N) is 1. The second kappa shape index (κ2) is 9.68. The van der Waals surface area contributed by atoms with Crippen molar-refractivity contribution < 1.29 is 14.2 Å². The Kier molecular flexibility index (Phi) is 7.02. The van der Waals surface area contributed by atoms with Gasteiger partial charge in [0.05, 0.1) is 14.2 Å². The summed E-state index contributed by atoms with van der Waals surface area (Å²) in [7, 11) is 3.38. The normalized spacial score (nSPS) is 15.0. The van der Waals surface area contributed by atoms with Crippen molar-refractivity contribution in [3.8, 4) is 23.0 Å². The summed E-state index contributed by atoms with van der Waals surface area (Å²) in [6, 6.07) is 22.6. The minimum Gasteiger partial charge on any atom is -0.497 e. The molecule has 0 amide bonds. The van der Waals surface area contributed by atoms with Crippen molar-refractivity contribution in [3.63, 3.8) is 0 Å². The molecule has 1 heterocycles. The number of methoxy groups -OCH3 is 2. The first-order valence-corrected chi connectivity index (χ1v) is 9.57. The minimum atomic E-state index is 0. The third-order valence-electron chi connectivity index (χ3n) is 5.16. The van der Waals surface area contributed by atoms with Crippen LogP contribution in [0.4, 0.5) is 0 Å². The number of rotatable bonds is 6. The van der Waals surface area contributed by atoms with E-state index < -0.39 is 0 Å². The maximum absolute atomic E-state index is 6.13. The predicted octanol–water partition coefficient (Wildman–Crippen LogP) is 5.35. The molecule has 3 aromatic rings. The van der Waals surface area contributed by atoms with Gasteiger partial charge in [0, 0.05) is 6.04 Å². The minimum absolute atomic E-state index is 0. The molecule has 1 atom stereocenters. The number of para-hydroxylation sites is 1. The summed E-state index contributed by atoms with van der Waals surface area (Å²) in [4.78, 5) is 0. The molecule has 0 fully saturated rings. The van der Waals surface area contributed by atoms with Gasteiger partial charge >= 0.3 is 0 Å². The van der Waals surface area contributed by atoms with Crippen molar-refractivity contribution in [1.82, 2.24) is 5.32 Å². The molecule has 3 aromatic carbocycles. The summed E-state index contributed by atoms with van der Waals surface area (Å²) in [6.07, 6.45) is 1.89. The van der Waals surface area contributed by atoms with Gasteiger partial charge in [-0.15, -0.1) is 12.4 Å². The highest BCUT2D eigenvalue weighted by Crippen LogP contribution is 2.38. The summed E-state index contributed by atoms with van der Waals surface area (Å²) >= 11 is 0. The van der Waals surface area contributed by atoms with Crippen LogP contribution < -0.4 is 19.5 Å². The smallest absolute Gasteiger partial charge is 0.169 e. The van der Waals surface area contributed by atoms with Gasteiger partial charge in [-0.1, -0.05) is 30.3 Å². The molecule has 1 aliphatic rings. The fraction of sp³-hybridized carbons (Fsp3) is 0.250. The van der Waals surface area contributed by atoms with E-state index in [9.17, 15) is 0 Å². The van der Waals surface area contributed by atoms with Crippen LogP contribution in [0.5, 0.6) is 23.0 Å². The van der Waals surface area contributed by atoms with Crippen LogP contribution in [-0.2, 0) is 12.8 Å². The Morgan fingerprint density at radius 1 is 0.862 bits per heavy atom.